The highest BCUT2D eigenvalue weighted by atomic mass is 16.5. The van der Waals surface area contributed by atoms with Crippen molar-refractivity contribution < 1.29 is 9.53 Å². The minimum absolute atomic E-state index is 0.0657. The zero-order valence-corrected chi connectivity index (χ0v) is 13.4. The Bertz CT molecular complexity index is 393. The average Bonchev–Trinajstić information content (AvgIpc) is 2.47. The van der Waals surface area contributed by atoms with Crippen LogP contribution in [0.1, 0.15) is 38.3 Å². The van der Waals surface area contributed by atoms with Crippen LogP contribution in [0.3, 0.4) is 0 Å². The highest BCUT2D eigenvalue weighted by Crippen LogP contribution is 2.20. The van der Waals surface area contributed by atoms with E-state index in [9.17, 15) is 4.79 Å². The molecule has 0 fully saturated rings. The van der Waals surface area contributed by atoms with Crippen molar-refractivity contribution in [2.75, 3.05) is 26.8 Å². The molecule has 1 amide bonds. The quantitative estimate of drug-likeness (QED) is 0.652. The van der Waals surface area contributed by atoms with Crippen LogP contribution in [0, 0.1) is 5.92 Å². The molecule has 0 bridgehead atoms. The number of methoxy groups -OCH3 is 1. The summed E-state index contributed by atoms with van der Waals surface area (Å²) in [4.78, 5) is 11.7. The molecule has 0 radical (unpaired) electrons. The SMILES string of the molecule is COCCNC(=O)CCNC(CC(C)C)c1ccccc1. The van der Waals surface area contributed by atoms with Crippen molar-refractivity contribution in [1.82, 2.24) is 10.6 Å². The summed E-state index contributed by atoms with van der Waals surface area (Å²) in [5.41, 5.74) is 1.28. The molecule has 0 aliphatic carbocycles. The molecule has 0 aromatic heterocycles. The van der Waals surface area contributed by atoms with Crippen molar-refractivity contribution in [2.45, 2.75) is 32.7 Å². The van der Waals surface area contributed by atoms with Gasteiger partial charge in [0, 0.05) is 32.7 Å². The van der Waals surface area contributed by atoms with E-state index in [2.05, 4.69) is 48.7 Å². The lowest BCUT2D eigenvalue weighted by molar-refractivity contribution is -0.121. The number of ether oxygens (including phenoxy) is 1. The summed E-state index contributed by atoms with van der Waals surface area (Å²) < 4.78 is 4.91. The molecule has 0 spiro atoms. The lowest BCUT2D eigenvalue weighted by Crippen LogP contribution is -2.31. The third kappa shape index (κ3) is 7.83. The molecular formula is C17H28N2O2. The van der Waals surface area contributed by atoms with Gasteiger partial charge >= 0.3 is 0 Å². The molecule has 0 heterocycles. The van der Waals surface area contributed by atoms with E-state index in [0.29, 0.717) is 38.1 Å². The van der Waals surface area contributed by atoms with Crippen molar-refractivity contribution in [1.29, 1.82) is 0 Å². The number of rotatable bonds is 10. The smallest absolute Gasteiger partial charge is 0.221 e. The highest BCUT2D eigenvalue weighted by molar-refractivity contribution is 5.76. The first-order valence-corrected chi connectivity index (χ1v) is 7.67. The van der Waals surface area contributed by atoms with Gasteiger partial charge in [-0.3, -0.25) is 4.79 Å². The van der Waals surface area contributed by atoms with Crippen LogP contribution in [-0.4, -0.2) is 32.7 Å². The summed E-state index contributed by atoms with van der Waals surface area (Å²) >= 11 is 0. The molecule has 4 nitrogen and oxygen atoms in total. The van der Waals surface area contributed by atoms with Gasteiger partial charge in [-0.1, -0.05) is 44.2 Å². The second kappa shape index (κ2) is 10.4. The maximum Gasteiger partial charge on any atom is 0.221 e. The largest absolute Gasteiger partial charge is 0.383 e. The predicted octanol–water partition coefficient (Wildman–Crippen LogP) is 2.52. The molecule has 1 aromatic carbocycles. The molecule has 0 saturated heterocycles. The molecule has 1 aromatic rings. The van der Waals surface area contributed by atoms with Crippen molar-refractivity contribution in [2.24, 2.45) is 5.92 Å². The Balaban J connectivity index is 2.38. The molecule has 2 N–H and O–H groups in total. The number of carbonyl (C=O) groups is 1. The van der Waals surface area contributed by atoms with Crippen molar-refractivity contribution >= 4 is 5.91 Å². The molecular weight excluding hydrogens is 264 g/mol. The van der Waals surface area contributed by atoms with Gasteiger partial charge in [-0.15, -0.1) is 0 Å². The maximum absolute atomic E-state index is 11.7. The normalized spacial score (nSPS) is 12.4. The van der Waals surface area contributed by atoms with Gasteiger partial charge in [-0.25, -0.2) is 0 Å². The Morgan fingerprint density at radius 1 is 1.19 bits per heavy atom. The topological polar surface area (TPSA) is 50.4 Å². The molecule has 1 atom stereocenters. The first-order chi connectivity index (χ1) is 10.1. The number of nitrogens with one attached hydrogen (secondary N) is 2. The highest BCUT2D eigenvalue weighted by Gasteiger charge is 2.13. The summed E-state index contributed by atoms with van der Waals surface area (Å²) in [7, 11) is 1.63. The fourth-order valence-corrected chi connectivity index (χ4v) is 2.23. The Hall–Kier alpha value is -1.39. The van der Waals surface area contributed by atoms with Crippen molar-refractivity contribution in [3.05, 3.63) is 35.9 Å². The average molecular weight is 292 g/mol. The van der Waals surface area contributed by atoms with Gasteiger partial charge in [0.2, 0.25) is 5.91 Å². The fraction of sp³-hybridized carbons (Fsp3) is 0.588. The van der Waals surface area contributed by atoms with E-state index in [0.717, 1.165) is 6.42 Å². The minimum atomic E-state index is 0.0657. The number of carbonyl (C=O) groups excluding carboxylic acids is 1. The summed E-state index contributed by atoms with van der Waals surface area (Å²) in [6, 6.07) is 10.7. The van der Waals surface area contributed by atoms with Gasteiger partial charge in [0.05, 0.1) is 6.61 Å². The zero-order chi connectivity index (χ0) is 15.5. The first-order valence-electron chi connectivity index (χ1n) is 7.67. The van der Waals surface area contributed by atoms with Gasteiger partial charge in [0.1, 0.15) is 0 Å². The molecule has 118 valence electrons. The van der Waals surface area contributed by atoms with Gasteiger partial charge in [-0.2, -0.15) is 0 Å². The van der Waals surface area contributed by atoms with Crippen molar-refractivity contribution in [3.63, 3.8) is 0 Å². The summed E-state index contributed by atoms with van der Waals surface area (Å²) in [5, 5.41) is 6.33. The lowest BCUT2D eigenvalue weighted by atomic mass is 9.97. The third-order valence-corrected chi connectivity index (χ3v) is 3.28. The molecule has 4 heteroatoms. The van der Waals surface area contributed by atoms with Crippen LogP contribution in [0.4, 0.5) is 0 Å². The van der Waals surface area contributed by atoms with Gasteiger partial charge in [0.15, 0.2) is 0 Å². The number of amides is 1. The van der Waals surface area contributed by atoms with Crippen LogP contribution in [-0.2, 0) is 9.53 Å². The zero-order valence-electron chi connectivity index (χ0n) is 13.4. The van der Waals surface area contributed by atoms with Crippen LogP contribution in [0.25, 0.3) is 0 Å². The lowest BCUT2D eigenvalue weighted by Gasteiger charge is -2.21. The first kappa shape index (κ1) is 17.7. The number of hydrogen-bond acceptors (Lipinski definition) is 3. The predicted molar refractivity (Wildman–Crippen MR) is 86.1 cm³/mol. The fourth-order valence-electron chi connectivity index (χ4n) is 2.23. The van der Waals surface area contributed by atoms with Crippen LogP contribution in [0.5, 0.6) is 0 Å². The Morgan fingerprint density at radius 3 is 2.52 bits per heavy atom. The molecule has 0 saturated carbocycles. The Kier molecular flexibility index (Phi) is 8.71. The van der Waals surface area contributed by atoms with Crippen LogP contribution < -0.4 is 10.6 Å². The maximum atomic E-state index is 11.7. The summed E-state index contributed by atoms with van der Waals surface area (Å²) in [5.74, 6) is 0.675. The summed E-state index contributed by atoms with van der Waals surface area (Å²) in [6.45, 7) is 6.25. The number of hydrogen-bond donors (Lipinski definition) is 2. The van der Waals surface area contributed by atoms with E-state index in [1.165, 1.54) is 5.56 Å². The minimum Gasteiger partial charge on any atom is -0.383 e. The van der Waals surface area contributed by atoms with Crippen LogP contribution >= 0.6 is 0 Å². The van der Waals surface area contributed by atoms with Gasteiger partial charge in [0.25, 0.3) is 0 Å². The van der Waals surface area contributed by atoms with E-state index in [-0.39, 0.29) is 5.91 Å². The van der Waals surface area contributed by atoms with E-state index in [1.54, 1.807) is 7.11 Å². The number of benzene rings is 1. The molecule has 0 aliphatic rings. The summed E-state index contributed by atoms with van der Waals surface area (Å²) in [6.07, 6.45) is 1.56. The second-order valence-electron chi connectivity index (χ2n) is 5.64. The molecule has 21 heavy (non-hydrogen) atoms. The standard InChI is InChI=1S/C17H28N2O2/c1-14(2)13-16(15-7-5-4-6-8-15)18-10-9-17(20)19-11-12-21-3/h4-8,14,16,18H,9-13H2,1-3H3,(H,19,20). The van der Waals surface area contributed by atoms with E-state index in [4.69, 9.17) is 4.74 Å². The monoisotopic (exact) mass is 292 g/mol. The van der Waals surface area contributed by atoms with E-state index in [1.807, 2.05) is 6.07 Å². The van der Waals surface area contributed by atoms with E-state index >= 15 is 0 Å². The van der Waals surface area contributed by atoms with Gasteiger partial charge in [-0.05, 0) is 17.9 Å². The second-order valence-corrected chi connectivity index (χ2v) is 5.64. The Morgan fingerprint density at radius 2 is 1.90 bits per heavy atom. The van der Waals surface area contributed by atoms with Gasteiger partial charge < -0.3 is 15.4 Å². The van der Waals surface area contributed by atoms with Crippen LogP contribution in [0.2, 0.25) is 0 Å². The molecule has 1 rings (SSSR count). The molecule has 1 unspecified atom stereocenters. The van der Waals surface area contributed by atoms with E-state index < -0.39 is 0 Å². The third-order valence-electron chi connectivity index (χ3n) is 3.28. The van der Waals surface area contributed by atoms with Crippen LogP contribution in [0.15, 0.2) is 30.3 Å². The Labute approximate surface area is 128 Å². The molecule has 0 aliphatic heterocycles. The van der Waals surface area contributed by atoms with Crippen molar-refractivity contribution in [3.8, 4) is 0 Å².